The normalized spacial score (nSPS) is 14.2. The quantitative estimate of drug-likeness (QED) is 0.756. The standard InChI is InChI=1S/C17H19N3S2/c1-2-6-20-14(10-19-17(20)5-1)9-18-11-15-8-13(12-22-15)16-4-3-7-21-16/h3-4,7-8,10,12,18H,1-2,5-6,9,11H2. The van der Waals surface area contributed by atoms with Gasteiger partial charge in [0, 0.05) is 47.6 Å². The Morgan fingerprint density at radius 3 is 3.14 bits per heavy atom. The van der Waals surface area contributed by atoms with Crippen LogP contribution < -0.4 is 5.32 Å². The first-order chi connectivity index (χ1) is 10.9. The van der Waals surface area contributed by atoms with Gasteiger partial charge in [0.05, 0.1) is 5.69 Å². The van der Waals surface area contributed by atoms with Crippen LogP contribution in [0.4, 0.5) is 0 Å². The molecule has 1 aliphatic rings. The van der Waals surface area contributed by atoms with Gasteiger partial charge in [-0.1, -0.05) is 6.07 Å². The predicted molar refractivity (Wildman–Crippen MR) is 93.3 cm³/mol. The van der Waals surface area contributed by atoms with Crippen LogP contribution >= 0.6 is 22.7 Å². The summed E-state index contributed by atoms with van der Waals surface area (Å²) >= 11 is 3.64. The summed E-state index contributed by atoms with van der Waals surface area (Å²) in [5.74, 6) is 1.26. The molecule has 0 bridgehead atoms. The van der Waals surface area contributed by atoms with Crippen LogP contribution in [0.1, 0.15) is 29.2 Å². The van der Waals surface area contributed by atoms with E-state index >= 15 is 0 Å². The molecule has 22 heavy (non-hydrogen) atoms. The fourth-order valence-corrected chi connectivity index (χ4v) is 4.62. The summed E-state index contributed by atoms with van der Waals surface area (Å²) in [6, 6.07) is 6.59. The Labute approximate surface area is 138 Å². The maximum atomic E-state index is 4.55. The van der Waals surface area contributed by atoms with Crippen LogP contribution in [0.3, 0.4) is 0 Å². The number of aromatic nitrogens is 2. The third-order valence-electron chi connectivity index (χ3n) is 4.12. The highest BCUT2D eigenvalue weighted by molar-refractivity contribution is 7.14. The van der Waals surface area contributed by atoms with Crippen molar-refractivity contribution in [1.82, 2.24) is 14.9 Å². The van der Waals surface area contributed by atoms with Crippen molar-refractivity contribution in [3.05, 3.63) is 51.6 Å². The molecule has 1 aliphatic heterocycles. The second-order valence-corrected chi connectivity index (χ2v) is 7.60. The molecule has 3 aromatic rings. The number of aryl methyl sites for hydroxylation is 1. The Morgan fingerprint density at radius 2 is 2.23 bits per heavy atom. The monoisotopic (exact) mass is 329 g/mol. The molecule has 0 saturated heterocycles. The molecule has 0 amide bonds. The van der Waals surface area contributed by atoms with Gasteiger partial charge in [0.2, 0.25) is 0 Å². The van der Waals surface area contributed by atoms with Crippen molar-refractivity contribution >= 4 is 22.7 Å². The number of hydrogen-bond acceptors (Lipinski definition) is 4. The Kier molecular flexibility index (Phi) is 4.10. The Morgan fingerprint density at radius 1 is 1.23 bits per heavy atom. The maximum absolute atomic E-state index is 4.55. The van der Waals surface area contributed by atoms with Crippen LogP contribution in [0.5, 0.6) is 0 Å². The van der Waals surface area contributed by atoms with E-state index in [1.807, 2.05) is 17.5 Å². The molecule has 3 nitrogen and oxygen atoms in total. The van der Waals surface area contributed by atoms with E-state index in [0.717, 1.165) is 26.1 Å². The van der Waals surface area contributed by atoms with Crippen molar-refractivity contribution in [2.24, 2.45) is 0 Å². The van der Waals surface area contributed by atoms with E-state index in [0.29, 0.717) is 0 Å². The van der Waals surface area contributed by atoms with Crippen LogP contribution in [-0.4, -0.2) is 9.55 Å². The second kappa shape index (κ2) is 6.36. The van der Waals surface area contributed by atoms with Crippen molar-refractivity contribution in [1.29, 1.82) is 0 Å². The van der Waals surface area contributed by atoms with E-state index in [9.17, 15) is 0 Å². The van der Waals surface area contributed by atoms with Crippen molar-refractivity contribution in [3.63, 3.8) is 0 Å². The number of nitrogens with zero attached hydrogens (tertiary/aromatic N) is 2. The number of nitrogens with one attached hydrogen (secondary N) is 1. The molecule has 0 aromatic carbocycles. The van der Waals surface area contributed by atoms with Gasteiger partial charge in [-0.25, -0.2) is 4.98 Å². The summed E-state index contributed by atoms with van der Waals surface area (Å²) in [7, 11) is 0. The van der Waals surface area contributed by atoms with Crippen molar-refractivity contribution in [3.8, 4) is 10.4 Å². The lowest BCUT2D eigenvalue weighted by Crippen LogP contribution is -2.18. The van der Waals surface area contributed by atoms with Crippen LogP contribution in [0.25, 0.3) is 10.4 Å². The van der Waals surface area contributed by atoms with Gasteiger partial charge in [-0.05, 0) is 35.7 Å². The first-order valence-electron chi connectivity index (χ1n) is 7.75. The Balaban J connectivity index is 1.36. The molecular weight excluding hydrogens is 310 g/mol. The number of fused-ring (bicyclic) bond motifs is 1. The molecule has 3 aromatic heterocycles. The van der Waals surface area contributed by atoms with Gasteiger partial charge in [-0.3, -0.25) is 0 Å². The number of thiophene rings is 2. The highest BCUT2D eigenvalue weighted by Gasteiger charge is 2.13. The zero-order valence-electron chi connectivity index (χ0n) is 12.4. The molecule has 114 valence electrons. The highest BCUT2D eigenvalue weighted by atomic mass is 32.1. The Bertz CT molecular complexity index is 740. The lowest BCUT2D eigenvalue weighted by atomic mass is 10.1. The molecule has 1 N–H and O–H groups in total. The zero-order chi connectivity index (χ0) is 14.8. The van der Waals surface area contributed by atoms with Gasteiger partial charge in [0.15, 0.2) is 0 Å². The molecule has 0 aliphatic carbocycles. The van der Waals surface area contributed by atoms with Crippen molar-refractivity contribution in [2.45, 2.75) is 38.9 Å². The number of hydrogen-bond donors (Lipinski definition) is 1. The molecule has 0 spiro atoms. The fourth-order valence-electron chi connectivity index (χ4n) is 2.98. The van der Waals surface area contributed by atoms with Crippen LogP contribution in [-0.2, 0) is 26.1 Å². The smallest absolute Gasteiger partial charge is 0.108 e. The molecule has 4 rings (SSSR count). The molecular formula is C17H19N3S2. The topological polar surface area (TPSA) is 29.9 Å². The van der Waals surface area contributed by atoms with Crippen molar-refractivity contribution < 1.29 is 0 Å². The average Bonchev–Trinajstić information content (AvgIpc) is 3.28. The molecule has 0 fully saturated rings. The average molecular weight is 329 g/mol. The first kappa shape index (κ1) is 14.2. The third-order valence-corrected chi connectivity index (χ3v) is 5.97. The van der Waals surface area contributed by atoms with Gasteiger partial charge in [0.25, 0.3) is 0 Å². The first-order valence-corrected chi connectivity index (χ1v) is 9.51. The summed E-state index contributed by atoms with van der Waals surface area (Å²) in [4.78, 5) is 7.29. The fraction of sp³-hybridized carbons (Fsp3) is 0.353. The van der Waals surface area contributed by atoms with Gasteiger partial charge >= 0.3 is 0 Å². The van der Waals surface area contributed by atoms with Crippen LogP contribution in [0.2, 0.25) is 0 Å². The van der Waals surface area contributed by atoms with Crippen molar-refractivity contribution in [2.75, 3.05) is 0 Å². The summed E-state index contributed by atoms with van der Waals surface area (Å²) in [6.45, 7) is 2.96. The lowest BCUT2D eigenvalue weighted by Gasteiger charge is -2.16. The number of rotatable bonds is 5. The summed E-state index contributed by atoms with van der Waals surface area (Å²) < 4.78 is 2.39. The van der Waals surface area contributed by atoms with Gasteiger partial charge < -0.3 is 9.88 Å². The maximum Gasteiger partial charge on any atom is 0.108 e. The minimum Gasteiger partial charge on any atom is -0.331 e. The van der Waals surface area contributed by atoms with Gasteiger partial charge in [-0.2, -0.15) is 0 Å². The predicted octanol–water partition coefficient (Wildman–Crippen LogP) is 4.30. The van der Waals surface area contributed by atoms with E-state index in [1.165, 1.54) is 39.7 Å². The minimum atomic E-state index is 0.902. The largest absolute Gasteiger partial charge is 0.331 e. The molecule has 0 saturated carbocycles. The zero-order valence-corrected chi connectivity index (χ0v) is 14.1. The highest BCUT2D eigenvalue weighted by Crippen LogP contribution is 2.29. The van der Waals surface area contributed by atoms with E-state index < -0.39 is 0 Å². The summed E-state index contributed by atoms with van der Waals surface area (Å²) in [5, 5.41) is 7.95. The summed E-state index contributed by atoms with van der Waals surface area (Å²) in [6.07, 6.45) is 5.74. The van der Waals surface area contributed by atoms with E-state index in [1.54, 1.807) is 11.3 Å². The molecule has 4 heterocycles. The van der Waals surface area contributed by atoms with Gasteiger partial charge in [-0.15, -0.1) is 22.7 Å². The van der Waals surface area contributed by atoms with Crippen LogP contribution in [0, 0.1) is 0 Å². The number of imidazole rings is 1. The van der Waals surface area contributed by atoms with E-state index in [4.69, 9.17) is 0 Å². The molecule has 0 radical (unpaired) electrons. The lowest BCUT2D eigenvalue weighted by molar-refractivity contribution is 0.499. The molecule has 0 unspecified atom stereocenters. The summed E-state index contributed by atoms with van der Waals surface area (Å²) in [5.41, 5.74) is 2.67. The second-order valence-electron chi connectivity index (χ2n) is 5.66. The van der Waals surface area contributed by atoms with Gasteiger partial charge in [0.1, 0.15) is 5.82 Å². The Hall–Kier alpha value is -1.43. The van der Waals surface area contributed by atoms with E-state index in [2.05, 4.69) is 43.8 Å². The minimum absolute atomic E-state index is 0.902. The van der Waals surface area contributed by atoms with E-state index in [-0.39, 0.29) is 0 Å². The molecule has 5 heteroatoms. The van der Waals surface area contributed by atoms with Crippen LogP contribution in [0.15, 0.2) is 35.2 Å². The SMILES string of the molecule is c1csc(-c2csc(CNCc3cnc4n3CCCC4)c2)c1. The molecule has 0 atom stereocenters. The third kappa shape index (κ3) is 2.89.